The van der Waals surface area contributed by atoms with Crippen molar-refractivity contribution in [3.05, 3.63) is 23.3 Å². The molecule has 2 aliphatic heterocycles. The van der Waals surface area contributed by atoms with Gasteiger partial charge in [-0.1, -0.05) is 0 Å². The van der Waals surface area contributed by atoms with E-state index in [1.54, 1.807) is 7.11 Å². The molecule has 114 valence electrons. The van der Waals surface area contributed by atoms with Crippen LogP contribution < -0.4 is 9.47 Å². The summed E-state index contributed by atoms with van der Waals surface area (Å²) in [5.41, 5.74) is 2.18. The molecule has 0 amide bonds. The molecule has 1 unspecified atom stereocenters. The Morgan fingerprint density at radius 3 is 3.05 bits per heavy atom. The molecule has 1 N–H and O–H groups in total. The highest BCUT2D eigenvalue weighted by Gasteiger charge is 2.32. The maximum Gasteiger partial charge on any atom is 0.320 e. The number of aliphatic carboxylic acids is 1. The molecule has 1 aromatic carbocycles. The second-order valence-electron chi connectivity index (χ2n) is 5.87. The quantitative estimate of drug-likeness (QED) is 0.920. The molecule has 1 saturated heterocycles. The zero-order valence-corrected chi connectivity index (χ0v) is 12.5. The molecule has 2 aliphatic rings. The number of nitrogens with zero attached hydrogens (tertiary/aromatic N) is 1. The molecule has 0 saturated carbocycles. The van der Waals surface area contributed by atoms with Crippen molar-refractivity contribution in [3.8, 4) is 11.5 Å². The van der Waals surface area contributed by atoms with Crippen LogP contribution in [0.15, 0.2) is 12.1 Å². The van der Waals surface area contributed by atoms with Crippen LogP contribution in [0, 0.1) is 0 Å². The van der Waals surface area contributed by atoms with Crippen LogP contribution in [0.1, 0.15) is 30.9 Å². The van der Waals surface area contributed by atoms with Crippen LogP contribution in [0.2, 0.25) is 0 Å². The Kier molecular flexibility index (Phi) is 3.76. The third-order valence-corrected chi connectivity index (χ3v) is 4.30. The first-order valence-electron chi connectivity index (χ1n) is 7.41. The fourth-order valence-electron chi connectivity index (χ4n) is 3.33. The number of methoxy groups -OCH3 is 1. The van der Waals surface area contributed by atoms with Crippen LogP contribution in [-0.2, 0) is 17.8 Å². The predicted molar refractivity (Wildman–Crippen MR) is 77.9 cm³/mol. The van der Waals surface area contributed by atoms with Gasteiger partial charge in [-0.15, -0.1) is 0 Å². The summed E-state index contributed by atoms with van der Waals surface area (Å²) in [7, 11) is 1.65. The molecule has 2 heterocycles. The van der Waals surface area contributed by atoms with Crippen molar-refractivity contribution in [3.63, 3.8) is 0 Å². The zero-order chi connectivity index (χ0) is 15.0. The Hall–Kier alpha value is -1.75. The SMILES string of the molecule is COc1cc2c(c(CN3CCC[C@H]3C(=O)O)c1)OC(C)C2. The van der Waals surface area contributed by atoms with Gasteiger partial charge in [-0.2, -0.15) is 0 Å². The minimum atomic E-state index is -0.735. The third-order valence-electron chi connectivity index (χ3n) is 4.30. The van der Waals surface area contributed by atoms with E-state index >= 15 is 0 Å². The normalized spacial score (nSPS) is 24.7. The molecule has 1 aromatic rings. The van der Waals surface area contributed by atoms with E-state index in [1.807, 2.05) is 24.0 Å². The van der Waals surface area contributed by atoms with Gasteiger partial charge in [0.05, 0.1) is 7.11 Å². The summed E-state index contributed by atoms with van der Waals surface area (Å²) in [5, 5.41) is 9.30. The lowest BCUT2D eigenvalue weighted by Gasteiger charge is -2.22. The maximum atomic E-state index is 11.3. The number of fused-ring (bicyclic) bond motifs is 1. The number of likely N-dealkylation sites (tertiary alicyclic amines) is 1. The Morgan fingerprint density at radius 1 is 1.52 bits per heavy atom. The number of rotatable bonds is 4. The predicted octanol–water partition coefficient (Wildman–Crippen LogP) is 2.07. The molecule has 1 fully saturated rings. The van der Waals surface area contributed by atoms with Crippen molar-refractivity contribution in [2.24, 2.45) is 0 Å². The maximum absolute atomic E-state index is 11.3. The summed E-state index contributed by atoms with van der Waals surface area (Å²) >= 11 is 0. The fourth-order valence-corrected chi connectivity index (χ4v) is 3.33. The highest BCUT2D eigenvalue weighted by Crippen LogP contribution is 2.37. The monoisotopic (exact) mass is 291 g/mol. The summed E-state index contributed by atoms with van der Waals surface area (Å²) in [5.74, 6) is 0.994. The third kappa shape index (κ3) is 2.70. The van der Waals surface area contributed by atoms with E-state index in [2.05, 4.69) is 0 Å². The molecule has 0 radical (unpaired) electrons. The molecular formula is C16H21NO4. The van der Waals surface area contributed by atoms with Crippen molar-refractivity contribution < 1.29 is 19.4 Å². The molecule has 21 heavy (non-hydrogen) atoms. The number of ether oxygens (including phenoxy) is 2. The lowest BCUT2D eigenvalue weighted by atomic mass is 10.1. The minimum Gasteiger partial charge on any atom is -0.497 e. The molecule has 2 atom stereocenters. The van der Waals surface area contributed by atoms with Crippen LogP contribution in [0.25, 0.3) is 0 Å². The lowest BCUT2D eigenvalue weighted by molar-refractivity contribution is -0.142. The number of hydrogen-bond acceptors (Lipinski definition) is 4. The summed E-state index contributed by atoms with van der Waals surface area (Å²) in [6, 6.07) is 3.60. The molecule has 5 heteroatoms. The van der Waals surface area contributed by atoms with E-state index in [0.717, 1.165) is 48.4 Å². The highest BCUT2D eigenvalue weighted by atomic mass is 16.5. The largest absolute Gasteiger partial charge is 0.497 e. The fraction of sp³-hybridized carbons (Fsp3) is 0.562. The van der Waals surface area contributed by atoms with E-state index in [-0.39, 0.29) is 12.1 Å². The Balaban J connectivity index is 1.88. The first-order valence-corrected chi connectivity index (χ1v) is 7.41. The van der Waals surface area contributed by atoms with Crippen molar-refractivity contribution >= 4 is 5.97 Å². The van der Waals surface area contributed by atoms with Crippen molar-refractivity contribution in [2.45, 2.75) is 44.9 Å². The van der Waals surface area contributed by atoms with Crippen molar-refractivity contribution in [1.29, 1.82) is 0 Å². The topological polar surface area (TPSA) is 59.0 Å². The van der Waals surface area contributed by atoms with Gasteiger partial charge in [-0.3, -0.25) is 9.69 Å². The van der Waals surface area contributed by atoms with Gasteiger partial charge < -0.3 is 14.6 Å². The van der Waals surface area contributed by atoms with Gasteiger partial charge in [0.15, 0.2) is 0 Å². The summed E-state index contributed by atoms with van der Waals surface area (Å²) in [4.78, 5) is 13.3. The summed E-state index contributed by atoms with van der Waals surface area (Å²) < 4.78 is 11.3. The van der Waals surface area contributed by atoms with E-state index in [0.29, 0.717) is 6.54 Å². The number of benzene rings is 1. The van der Waals surface area contributed by atoms with Crippen LogP contribution in [-0.4, -0.2) is 41.8 Å². The number of hydrogen-bond donors (Lipinski definition) is 1. The van der Waals surface area contributed by atoms with Gasteiger partial charge in [0.1, 0.15) is 23.6 Å². The summed E-state index contributed by atoms with van der Waals surface area (Å²) in [6.07, 6.45) is 2.70. The Morgan fingerprint density at radius 2 is 2.33 bits per heavy atom. The number of carbonyl (C=O) groups is 1. The van der Waals surface area contributed by atoms with Crippen LogP contribution in [0.4, 0.5) is 0 Å². The minimum absolute atomic E-state index is 0.166. The lowest BCUT2D eigenvalue weighted by Crippen LogP contribution is -2.35. The smallest absolute Gasteiger partial charge is 0.320 e. The van der Waals surface area contributed by atoms with Crippen molar-refractivity contribution in [2.75, 3.05) is 13.7 Å². The molecule has 5 nitrogen and oxygen atoms in total. The average molecular weight is 291 g/mol. The molecule has 0 aliphatic carbocycles. The first-order chi connectivity index (χ1) is 10.1. The number of carboxylic acids is 1. The summed E-state index contributed by atoms with van der Waals surface area (Å²) in [6.45, 7) is 3.47. The van der Waals surface area contributed by atoms with E-state index in [4.69, 9.17) is 9.47 Å². The number of carboxylic acid groups (broad SMARTS) is 1. The second-order valence-corrected chi connectivity index (χ2v) is 5.87. The Bertz CT molecular complexity index is 557. The average Bonchev–Trinajstić information content (AvgIpc) is 3.04. The van der Waals surface area contributed by atoms with Gasteiger partial charge in [-0.25, -0.2) is 0 Å². The highest BCUT2D eigenvalue weighted by molar-refractivity contribution is 5.73. The van der Waals surface area contributed by atoms with Gasteiger partial charge in [-0.05, 0) is 38.4 Å². The zero-order valence-electron chi connectivity index (χ0n) is 12.5. The van der Waals surface area contributed by atoms with E-state index < -0.39 is 5.97 Å². The van der Waals surface area contributed by atoms with Gasteiger partial charge in [0, 0.05) is 24.1 Å². The first kappa shape index (κ1) is 14.2. The molecule has 0 spiro atoms. The van der Waals surface area contributed by atoms with Crippen LogP contribution >= 0.6 is 0 Å². The molecule has 0 aromatic heterocycles. The standard InChI is InChI=1S/C16H21NO4/c1-10-6-11-7-13(20-2)8-12(15(11)21-10)9-17-5-3-4-14(17)16(18)19/h7-8,10,14H,3-6,9H2,1-2H3,(H,18,19)/t10?,14-/m0/s1. The van der Waals surface area contributed by atoms with E-state index in [1.165, 1.54) is 0 Å². The molecular weight excluding hydrogens is 270 g/mol. The Labute approximate surface area is 124 Å². The van der Waals surface area contributed by atoms with Crippen molar-refractivity contribution in [1.82, 2.24) is 4.90 Å². The van der Waals surface area contributed by atoms with Crippen LogP contribution in [0.5, 0.6) is 11.5 Å². The second kappa shape index (κ2) is 5.56. The molecule has 3 rings (SSSR count). The molecule has 0 bridgehead atoms. The van der Waals surface area contributed by atoms with Gasteiger partial charge in [0.2, 0.25) is 0 Å². The van der Waals surface area contributed by atoms with Gasteiger partial charge >= 0.3 is 5.97 Å². The van der Waals surface area contributed by atoms with E-state index in [9.17, 15) is 9.90 Å². The van der Waals surface area contributed by atoms with Gasteiger partial charge in [0.25, 0.3) is 0 Å². The van der Waals surface area contributed by atoms with Crippen LogP contribution in [0.3, 0.4) is 0 Å².